The second kappa shape index (κ2) is 14.2. The van der Waals surface area contributed by atoms with E-state index in [0.29, 0.717) is 0 Å². The summed E-state index contributed by atoms with van der Waals surface area (Å²) in [6, 6.07) is 50.5. The quantitative estimate of drug-likeness (QED) is 0.177. The third-order valence-electron chi connectivity index (χ3n) is 13.3. The molecule has 4 nitrogen and oxygen atoms in total. The van der Waals surface area contributed by atoms with E-state index in [0.717, 1.165) is 44.7 Å². The predicted octanol–water partition coefficient (Wildman–Crippen LogP) is 16.4. The molecule has 10 rings (SSSR count). The van der Waals surface area contributed by atoms with Gasteiger partial charge in [0.2, 0.25) is 0 Å². The fourth-order valence-corrected chi connectivity index (χ4v) is 9.96. The molecule has 0 saturated heterocycles. The van der Waals surface area contributed by atoms with E-state index in [1.54, 1.807) is 0 Å². The molecule has 0 aliphatic heterocycles. The predicted molar refractivity (Wildman–Crippen MR) is 272 cm³/mol. The third kappa shape index (κ3) is 6.96. The number of rotatable bonds is 4. The van der Waals surface area contributed by atoms with Crippen LogP contribution in [-0.4, -0.2) is 17.9 Å². The Bertz CT molecular complexity index is 3030. The summed E-state index contributed by atoms with van der Waals surface area (Å²) in [7, 11) is 0. The molecule has 0 amide bonds. The highest BCUT2D eigenvalue weighted by Gasteiger charge is 2.23. The molecule has 5 heteroatoms. The maximum absolute atomic E-state index is 4.89. The van der Waals surface area contributed by atoms with Crippen molar-refractivity contribution in [3.8, 4) is 33.6 Å². The zero-order valence-corrected chi connectivity index (χ0v) is 39.7. The van der Waals surface area contributed by atoms with Gasteiger partial charge in [-0.3, -0.25) is 0 Å². The van der Waals surface area contributed by atoms with E-state index < -0.39 is 0 Å². The standard InChI is InChI=1S/C58H58N4S/c1-55(2,3)37-17-27-49-45(31-37)46-32-38(56(4,5)6)18-28-50(46)61(49)41-21-13-35(14-22-41)43-25-26-44(54-53(43)59-63-60-54)36-15-23-42(24-16-36)62-51-29-19-39(57(7,8)9)33-47(51)48-34-40(58(10,11)12)20-30-52(48)62/h13-34H,1-12H3. The Labute approximate surface area is 376 Å². The second-order valence-corrected chi connectivity index (χ2v) is 22.3. The molecular formula is C58H58N4S. The van der Waals surface area contributed by atoms with E-state index >= 15 is 0 Å². The van der Waals surface area contributed by atoms with Crippen LogP contribution in [0.4, 0.5) is 0 Å². The van der Waals surface area contributed by atoms with Gasteiger partial charge < -0.3 is 9.13 Å². The molecule has 3 aromatic heterocycles. The highest BCUT2D eigenvalue weighted by molar-refractivity contribution is 7.00. The lowest BCUT2D eigenvalue weighted by atomic mass is 9.85. The van der Waals surface area contributed by atoms with Crippen LogP contribution in [0.5, 0.6) is 0 Å². The van der Waals surface area contributed by atoms with Crippen LogP contribution in [0.2, 0.25) is 0 Å². The average molecular weight is 843 g/mol. The highest BCUT2D eigenvalue weighted by Crippen LogP contribution is 2.41. The van der Waals surface area contributed by atoms with Gasteiger partial charge in [0.15, 0.2) is 0 Å². The van der Waals surface area contributed by atoms with Crippen LogP contribution in [0.1, 0.15) is 105 Å². The van der Waals surface area contributed by atoms with Crippen molar-refractivity contribution < 1.29 is 0 Å². The summed E-state index contributed by atoms with van der Waals surface area (Å²) in [6.07, 6.45) is 0. The maximum Gasteiger partial charge on any atom is 0.113 e. The number of aromatic nitrogens is 4. The molecule has 0 unspecified atom stereocenters. The molecule has 3 heterocycles. The van der Waals surface area contributed by atoms with Crippen LogP contribution < -0.4 is 0 Å². The summed E-state index contributed by atoms with van der Waals surface area (Å²) in [4.78, 5) is 0. The van der Waals surface area contributed by atoms with Gasteiger partial charge >= 0.3 is 0 Å². The highest BCUT2D eigenvalue weighted by atomic mass is 32.1. The largest absolute Gasteiger partial charge is 0.309 e. The number of fused-ring (bicyclic) bond motifs is 7. The minimum atomic E-state index is 0.0578. The van der Waals surface area contributed by atoms with Gasteiger partial charge in [-0.15, -0.1) is 0 Å². The van der Waals surface area contributed by atoms with Crippen LogP contribution in [0.25, 0.3) is 88.3 Å². The summed E-state index contributed by atoms with van der Waals surface area (Å²) < 4.78 is 14.6. The molecule has 0 spiro atoms. The Morgan fingerprint density at radius 2 is 0.603 bits per heavy atom. The fraction of sp³-hybridized carbons (Fsp3) is 0.276. The number of hydrogen-bond donors (Lipinski definition) is 0. The Morgan fingerprint density at radius 1 is 0.333 bits per heavy atom. The molecule has 0 N–H and O–H groups in total. The van der Waals surface area contributed by atoms with E-state index in [2.05, 4.69) is 226 Å². The minimum absolute atomic E-state index is 0.0578. The van der Waals surface area contributed by atoms with E-state index in [1.807, 2.05) is 0 Å². The molecule has 0 aliphatic carbocycles. The van der Waals surface area contributed by atoms with Gasteiger partial charge in [0.25, 0.3) is 0 Å². The first-order valence-corrected chi connectivity index (χ1v) is 23.1. The van der Waals surface area contributed by atoms with Gasteiger partial charge in [-0.25, -0.2) is 0 Å². The van der Waals surface area contributed by atoms with Crippen LogP contribution in [0, 0.1) is 0 Å². The topological polar surface area (TPSA) is 35.6 Å². The SMILES string of the molecule is CC(C)(C)c1ccc2c(c1)c1cc(C(C)(C)C)ccc1n2-c1ccc(-c2ccc(-c3ccc(-n4c5ccc(C(C)(C)C)cc5c5cc(C(C)(C)C)ccc54)cc3)c3nsnc23)cc1. The Hall–Kier alpha value is -6.04. The number of benzene rings is 7. The van der Waals surface area contributed by atoms with E-state index in [9.17, 15) is 0 Å². The third-order valence-corrected chi connectivity index (χ3v) is 13.8. The van der Waals surface area contributed by atoms with Crippen molar-refractivity contribution in [1.82, 2.24) is 17.9 Å². The van der Waals surface area contributed by atoms with E-state index in [4.69, 9.17) is 8.75 Å². The molecule has 63 heavy (non-hydrogen) atoms. The molecule has 0 atom stereocenters. The zero-order chi connectivity index (χ0) is 44.4. The smallest absolute Gasteiger partial charge is 0.113 e. The van der Waals surface area contributed by atoms with Crippen molar-refractivity contribution in [2.24, 2.45) is 0 Å². The molecule has 10 aromatic rings. The zero-order valence-electron chi connectivity index (χ0n) is 38.9. The summed E-state index contributed by atoms with van der Waals surface area (Å²) in [5.74, 6) is 0. The Kier molecular flexibility index (Phi) is 9.27. The van der Waals surface area contributed by atoms with Crippen molar-refractivity contribution >= 4 is 66.4 Å². The van der Waals surface area contributed by atoms with Crippen LogP contribution >= 0.6 is 11.7 Å². The fourth-order valence-electron chi connectivity index (χ4n) is 9.38. The van der Waals surface area contributed by atoms with Crippen molar-refractivity contribution in [1.29, 1.82) is 0 Å². The van der Waals surface area contributed by atoms with Crippen molar-refractivity contribution in [2.75, 3.05) is 0 Å². The van der Waals surface area contributed by atoms with Gasteiger partial charge in [-0.05, 0) is 128 Å². The second-order valence-electron chi connectivity index (χ2n) is 21.8. The molecule has 0 aliphatic rings. The lowest BCUT2D eigenvalue weighted by Gasteiger charge is -2.19. The number of hydrogen-bond acceptors (Lipinski definition) is 3. The first-order chi connectivity index (χ1) is 29.8. The first kappa shape index (κ1) is 41.0. The van der Waals surface area contributed by atoms with E-state index in [-0.39, 0.29) is 21.7 Å². The average Bonchev–Trinajstić information content (AvgIpc) is 3.95. The summed E-state index contributed by atoms with van der Waals surface area (Å²) in [5, 5.41) is 5.19. The van der Waals surface area contributed by atoms with Gasteiger partial charge in [0.05, 0.1) is 33.8 Å². The molecule has 7 aromatic carbocycles. The minimum Gasteiger partial charge on any atom is -0.309 e. The Morgan fingerprint density at radius 3 is 0.857 bits per heavy atom. The van der Waals surface area contributed by atoms with Crippen LogP contribution in [0.15, 0.2) is 133 Å². The summed E-state index contributed by atoms with van der Waals surface area (Å²) in [5.41, 5.74) is 19.1. The normalized spacial score (nSPS) is 13.1. The maximum atomic E-state index is 4.89. The van der Waals surface area contributed by atoms with Gasteiger partial charge in [0, 0.05) is 44.0 Å². The monoisotopic (exact) mass is 842 g/mol. The van der Waals surface area contributed by atoms with Gasteiger partial charge in [0.1, 0.15) is 11.0 Å². The van der Waals surface area contributed by atoms with Crippen LogP contribution in [-0.2, 0) is 21.7 Å². The van der Waals surface area contributed by atoms with Crippen molar-refractivity contribution in [3.63, 3.8) is 0 Å². The summed E-state index contributed by atoms with van der Waals surface area (Å²) >= 11 is 1.28. The Balaban J connectivity index is 1.02. The molecule has 0 bridgehead atoms. The molecule has 0 fully saturated rings. The first-order valence-electron chi connectivity index (χ1n) is 22.4. The molecule has 0 saturated carbocycles. The molecule has 0 radical (unpaired) electrons. The van der Waals surface area contributed by atoms with Gasteiger partial charge in [-0.1, -0.05) is 144 Å². The summed E-state index contributed by atoms with van der Waals surface area (Å²) in [6.45, 7) is 27.5. The molecular weight excluding hydrogens is 785 g/mol. The van der Waals surface area contributed by atoms with Crippen molar-refractivity contribution in [3.05, 3.63) is 156 Å². The lowest BCUT2D eigenvalue weighted by Crippen LogP contribution is -2.10. The molecule has 316 valence electrons. The van der Waals surface area contributed by atoms with E-state index in [1.165, 1.54) is 77.6 Å². The van der Waals surface area contributed by atoms with Crippen LogP contribution in [0.3, 0.4) is 0 Å². The lowest BCUT2D eigenvalue weighted by molar-refractivity contribution is 0.590. The number of nitrogens with zero attached hydrogens (tertiary/aromatic N) is 4. The van der Waals surface area contributed by atoms with Crippen molar-refractivity contribution in [2.45, 2.75) is 105 Å². The van der Waals surface area contributed by atoms with Gasteiger partial charge in [-0.2, -0.15) is 8.75 Å².